The molecular weight excluding hydrogens is 317 g/mol. The number of thioether (sulfide) groups is 1. The molecule has 1 N–H and O–H groups in total. The predicted octanol–water partition coefficient (Wildman–Crippen LogP) is 4.05. The molecule has 0 unspecified atom stereocenters. The van der Waals surface area contributed by atoms with Gasteiger partial charge in [0.25, 0.3) is 0 Å². The average Bonchev–Trinajstić information content (AvgIpc) is 2.46. The first kappa shape index (κ1) is 17.1. The van der Waals surface area contributed by atoms with Gasteiger partial charge in [-0.3, -0.25) is 9.78 Å². The Labute approximate surface area is 137 Å². The van der Waals surface area contributed by atoms with E-state index in [1.807, 2.05) is 13.8 Å². The molecule has 1 aromatic carbocycles. The maximum Gasteiger partial charge on any atom is 0.338 e. The van der Waals surface area contributed by atoms with Gasteiger partial charge < -0.3 is 5.11 Å². The lowest BCUT2D eigenvalue weighted by molar-refractivity contribution is -0.118. The molecule has 0 amide bonds. The van der Waals surface area contributed by atoms with Crippen LogP contribution in [0.25, 0.3) is 11.1 Å². The number of benzene rings is 1. The summed E-state index contributed by atoms with van der Waals surface area (Å²) in [5, 5.41) is 8.90. The number of halogens is 1. The number of hydrogen-bond acceptors (Lipinski definition) is 4. The predicted molar refractivity (Wildman–Crippen MR) is 87.2 cm³/mol. The summed E-state index contributed by atoms with van der Waals surface area (Å²) in [6, 6.07) is 5.69. The van der Waals surface area contributed by atoms with Gasteiger partial charge in [0.1, 0.15) is 11.6 Å². The first-order valence-electron chi connectivity index (χ1n) is 6.89. The first-order valence-corrected chi connectivity index (χ1v) is 7.71. The summed E-state index contributed by atoms with van der Waals surface area (Å²) in [4.78, 5) is 27.5. The van der Waals surface area contributed by atoms with Crippen LogP contribution in [0.3, 0.4) is 0 Å². The Balaban J connectivity index is 2.47. The maximum absolute atomic E-state index is 13.9. The van der Waals surface area contributed by atoms with Crippen molar-refractivity contribution in [1.82, 2.24) is 4.98 Å². The minimum absolute atomic E-state index is 0.0256. The van der Waals surface area contributed by atoms with Crippen LogP contribution in [0.15, 0.2) is 41.6 Å². The van der Waals surface area contributed by atoms with E-state index < -0.39 is 16.5 Å². The fourth-order valence-electron chi connectivity index (χ4n) is 1.89. The van der Waals surface area contributed by atoms with E-state index in [1.165, 1.54) is 36.9 Å². The second kappa shape index (κ2) is 6.50. The van der Waals surface area contributed by atoms with Crippen LogP contribution in [0.5, 0.6) is 0 Å². The maximum atomic E-state index is 13.9. The molecule has 120 valence electrons. The van der Waals surface area contributed by atoms with E-state index in [4.69, 9.17) is 5.11 Å². The lowest BCUT2D eigenvalue weighted by atomic mass is 10.1. The van der Waals surface area contributed by atoms with Crippen molar-refractivity contribution in [3.05, 3.63) is 48.0 Å². The highest BCUT2D eigenvalue weighted by atomic mass is 32.2. The minimum atomic E-state index is -1.31. The van der Waals surface area contributed by atoms with Crippen LogP contribution in [0.2, 0.25) is 0 Å². The van der Waals surface area contributed by atoms with Crippen molar-refractivity contribution >= 4 is 23.5 Å². The van der Waals surface area contributed by atoms with E-state index in [2.05, 4.69) is 4.98 Å². The molecule has 0 spiro atoms. The Kier molecular flexibility index (Phi) is 4.85. The third kappa shape index (κ3) is 3.76. The summed E-state index contributed by atoms with van der Waals surface area (Å²) >= 11 is 1.36. The molecule has 1 aromatic heterocycles. The van der Waals surface area contributed by atoms with Gasteiger partial charge in [-0.25, -0.2) is 9.18 Å². The van der Waals surface area contributed by atoms with Gasteiger partial charge in [-0.15, -0.1) is 11.8 Å². The summed E-state index contributed by atoms with van der Waals surface area (Å²) in [5.74, 6) is -2.09. The molecule has 23 heavy (non-hydrogen) atoms. The van der Waals surface area contributed by atoms with Crippen molar-refractivity contribution in [2.45, 2.75) is 30.4 Å². The number of nitrogens with zero attached hydrogens (tertiary/aromatic N) is 1. The number of carbonyl (C=O) groups is 2. The Hall–Kier alpha value is -2.21. The van der Waals surface area contributed by atoms with Crippen molar-refractivity contribution in [3.8, 4) is 11.1 Å². The van der Waals surface area contributed by atoms with Crippen LogP contribution < -0.4 is 0 Å². The fourth-order valence-corrected chi connectivity index (χ4v) is 2.99. The van der Waals surface area contributed by atoms with E-state index in [-0.39, 0.29) is 11.3 Å². The van der Waals surface area contributed by atoms with Crippen LogP contribution in [0.4, 0.5) is 4.39 Å². The van der Waals surface area contributed by atoms with Crippen LogP contribution in [0, 0.1) is 5.82 Å². The first-order chi connectivity index (χ1) is 10.7. The third-order valence-corrected chi connectivity index (χ3v) is 4.88. The number of aromatic nitrogens is 1. The molecule has 6 heteroatoms. The molecule has 4 nitrogen and oxygen atoms in total. The second-order valence-electron chi connectivity index (χ2n) is 5.54. The van der Waals surface area contributed by atoms with Crippen molar-refractivity contribution in [3.63, 3.8) is 0 Å². The van der Waals surface area contributed by atoms with Gasteiger partial charge in [0.15, 0.2) is 0 Å². The highest BCUT2D eigenvalue weighted by Crippen LogP contribution is 2.39. The Morgan fingerprint density at radius 3 is 2.52 bits per heavy atom. The SMILES string of the molecule is CC(=O)C(C)(C)Sc1ccncc1-c1ccc(C(=O)O)c(F)c1. The highest BCUT2D eigenvalue weighted by Gasteiger charge is 2.26. The van der Waals surface area contributed by atoms with E-state index in [0.29, 0.717) is 11.1 Å². The van der Waals surface area contributed by atoms with Gasteiger partial charge >= 0.3 is 5.97 Å². The number of ketones is 1. The molecular formula is C17H16FNO3S. The molecule has 0 saturated carbocycles. The van der Waals surface area contributed by atoms with Gasteiger partial charge in [0, 0.05) is 22.9 Å². The van der Waals surface area contributed by atoms with Crippen LogP contribution in [0.1, 0.15) is 31.1 Å². The quantitative estimate of drug-likeness (QED) is 0.836. The topological polar surface area (TPSA) is 67.3 Å². The van der Waals surface area contributed by atoms with Gasteiger partial charge in [-0.2, -0.15) is 0 Å². The molecule has 0 aliphatic rings. The fraction of sp³-hybridized carbons (Fsp3) is 0.235. The van der Waals surface area contributed by atoms with Crippen molar-refractivity contribution in [2.24, 2.45) is 0 Å². The van der Waals surface area contributed by atoms with Gasteiger partial charge in [-0.05, 0) is 44.5 Å². The largest absolute Gasteiger partial charge is 0.478 e. The Bertz CT molecular complexity index is 774. The van der Waals surface area contributed by atoms with Crippen molar-refractivity contribution < 1.29 is 19.1 Å². The molecule has 0 atom stereocenters. The van der Waals surface area contributed by atoms with Crippen molar-refractivity contribution in [1.29, 1.82) is 0 Å². The standard InChI is InChI=1S/C17H16FNO3S/c1-10(20)17(2,3)23-15-6-7-19-9-13(15)11-4-5-12(16(21)22)14(18)8-11/h4-9H,1-3H3,(H,21,22). The number of hydrogen-bond donors (Lipinski definition) is 1. The number of carbonyl (C=O) groups excluding carboxylic acids is 1. The molecule has 0 radical (unpaired) electrons. The van der Waals surface area contributed by atoms with Crippen molar-refractivity contribution in [2.75, 3.05) is 0 Å². The van der Waals surface area contributed by atoms with E-state index in [9.17, 15) is 14.0 Å². The lowest BCUT2D eigenvalue weighted by Crippen LogP contribution is -2.24. The Morgan fingerprint density at radius 2 is 1.96 bits per heavy atom. The van der Waals surface area contributed by atoms with E-state index in [0.717, 1.165) is 4.90 Å². The molecule has 0 aliphatic heterocycles. The van der Waals surface area contributed by atoms with Gasteiger partial charge in [0.05, 0.1) is 10.3 Å². The smallest absolute Gasteiger partial charge is 0.338 e. The summed E-state index contributed by atoms with van der Waals surface area (Å²) in [5.41, 5.74) is 0.793. The number of aromatic carboxylic acids is 1. The number of carboxylic acids is 1. The zero-order chi connectivity index (χ0) is 17.2. The number of carboxylic acid groups (broad SMARTS) is 1. The van der Waals surface area contributed by atoms with Gasteiger partial charge in [-0.1, -0.05) is 6.07 Å². The molecule has 0 saturated heterocycles. The molecule has 0 fully saturated rings. The lowest BCUT2D eigenvalue weighted by Gasteiger charge is -2.22. The van der Waals surface area contributed by atoms with E-state index >= 15 is 0 Å². The normalized spacial score (nSPS) is 11.3. The third-order valence-electron chi connectivity index (χ3n) is 3.50. The monoisotopic (exact) mass is 333 g/mol. The van der Waals surface area contributed by atoms with E-state index in [1.54, 1.807) is 18.5 Å². The summed E-state index contributed by atoms with van der Waals surface area (Å²) < 4.78 is 13.3. The number of pyridine rings is 1. The number of rotatable bonds is 5. The molecule has 2 rings (SSSR count). The summed E-state index contributed by atoms with van der Waals surface area (Å²) in [6.45, 7) is 5.16. The second-order valence-corrected chi connectivity index (χ2v) is 7.20. The highest BCUT2D eigenvalue weighted by molar-refractivity contribution is 8.01. The molecule has 0 bridgehead atoms. The molecule has 2 aromatic rings. The molecule has 0 aliphatic carbocycles. The number of Topliss-reactive ketones (excluding diaryl/α,β-unsaturated/α-hetero) is 1. The Morgan fingerprint density at radius 1 is 1.26 bits per heavy atom. The minimum Gasteiger partial charge on any atom is -0.478 e. The zero-order valence-electron chi connectivity index (χ0n) is 13.0. The summed E-state index contributed by atoms with van der Waals surface area (Å²) in [6.07, 6.45) is 3.18. The average molecular weight is 333 g/mol. The van der Waals surface area contributed by atoms with Crippen LogP contribution in [-0.2, 0) is 4.79 Å². The summed E-state index contributed by atoms with van der Waals surface area (Å²) in [7, 11) is 0. The van der Waals surface area contributed by atoms with Crippen LogP contribution in [-0.4, -0.2) is 26.6 Å². The molecule has 1 heterocycles. The van der Waals surface area contributed by atoms with Crippen LogP contribution >= 0.6 is 11.8 Å². The zero-order valence-corrected chi connectivity index (χ0v) is 13.8. The van der Waals surface area contributed by atoms with Gasteiger partial charge in [0.2, 0.25) is 0 Å².